The summed E-state index contributed by atoms with van der Waals surface area (Å²) in [5.74, 6) is 0.816. The summed E-state index contributed by atoms with van der Waals surface area (Å²) in [4.78, 5) is 9.19. The molecule has 0 aliphatic carbocycles. The van der Waals surface area contributed by atoms with Crippen LogP contribution >= 0.6 is 24.0 Å². The van der Waals surface area contributed by atoms with Crippen LogP contribution in [-0.2, 0) is 13.1 Å². The third-order valence-corrected chi connectivity index (χ3v) is 4.05. The number of nitrogens with zero attached hydrogens (tertiary/aromatic N) is 2. The Morgan fingerprint density at radius 2 is 1.77 bits per heavy atom. The lowest BCUT2D eigenvalue weighted by molar-refractivity contribution is 0.818. The minimum absolute atomic E-state index is 0. The van der Waals surface area contributed by atoms with Crippen molar-refractivity contribution >= 4 is 40.8 Å². The lowest BCUT2D eigenvalue weighted by Gasteiger charge is -2.12. The van der Waals surface area contributed by atoms with Gasteiger partial charge < -0.3 is 10.6 Å². The van der Waals surface area contributed by atoms with Crippen LogP contribution in [0.3, 0.4) is 0 Å². The van der Waals surface area contributed by atoms with Crippen molar-refractivity contribution in [3.8, 4) is 0 Å². The van der Waals surface area contributed by atoms with Gasteiger partial charge in [0.15, 0.2) is 5.96 Å². The highest BCUT2D eigenvalue weighted by molar-refractivity contribution is 14.0. The van der Waals surface area contributed by atoms with Gasteiger partial charge in [-0.15, -0.1) is 24.0 Å². The number of hydrogen-bond acceptors (Lipinski definition) is 2. The Labute approximate surface area is 172 Å². The predicted octanol–water partition coefficient (Wildman–Crippen LogP) is 4.42. The maximum Gasteiger partial charge on any atom is 0.191 e. The molecule has 2 aromatic carbocycles. The van der Waals surface area contributed by atoms with Crippen molar-refractivity contribution < 1.29 is 0 Å². The number of pyridine rings is 1. The molecule has 0 spiro atoms. The number of guanidine groups is 1. The monoisotopic (exact) mass is 460 g/mol. The molecule has 0 atom stereocenters. The second-order valence-corrected chi connectivity index (χ2v) is 6.03. The van der Waals surface area contributed by atoms with E-state index < -0.39 is 0 Å². The smallest absolute Gasteiger partial charge is 0.191 e. The largest absolute Gasteiger partial charge is 0.357 e. The van der Waals surface area contributed by atoms with E-state index in [0.717, 1.165) is 23.4 Å². The van der Waals surface area contributed by atoms with Crippen molar-refractivity contribution in [2.75, 3.05) is 6.54 Å². The van der Waals surface area contributed by atoms with E-state index in [1.807, 2.05) is 12.3 Å². The summed E-state index contributed by atoms with van der Waals surface area (Å²) in [5.41, 5.74) is 4.67. The van der Waals surface area contributed by atoms with Crippen LogP contribution in [0, 0.1) is 6.92 Å². The number of benzene rings is 2. The van der Waals surface area contributed by atoms with Crippen LogP contribution in [0.25, 0.3) is 10.9 Å². The zero-order valence-corrected chi connectivity index (χ0v) is 17.5. The van der Waals surface area contributed by atoms with Crippen LogP contribution in [0.2, 0.25) is 0 Å². The normalized spacial score (nSPS) is 11.1. The number of para-hydroxylation sites is 1. The summed E-state index contributed by atoms with van der Waals surface area (Å²) in [7, 11) is 0. The number of hydrogen-bond donors (Lipinski definition) is 2. The Morgan fingerprint density at radius 1 is 1.00 bits per heavy atom. The highest BCUT2D eigenvalue weighted by Gasteiger charge is 2.03. The molecule has 0 saturated heterocycles. The quantitative estimate of drug-likeness (QED) is 0.337. The van der Waals surface area contributed by atoms with Crippen molar-refractivity contribution in [2.45, 2.75) is 26.9 Å². The molecule has 0 aliphatic heterocycles. The highest BCUT2D eigenvalue weighted by Crippen LogP contribution is 2.15. The minimum Gasteiger partial charge on any atom is -0.357 e. The molecule has 4 nitrogen and oxygen atoms in total. The van der Waals surface area contributed by atoms with Gasteiger partial charge in [0.1, 0.15) is 0 Å². The zero-order valence-electron chi connectivity index (χ0n) is 15.2. The first-order chi connectivity index (χ1) is 12.3. The fraction of sp³-hybridized carbons (Fsp3) is 0.238. The van der Waals surface area contributed by atoms with E-state index in [2.05, 4.69) is 83.0 Å². The molecule has 26 heavy (non-hydrogen) atoms. The van der Waals surface area contributed by atoms with E-state index in [4.69, 9.17) is 0 Å². The van der Waals surface area contributed by atoms with Gasteiger partial charge in [0.2, 0.25) is 0 Å². The zero-order chi connectivity index (χ0) is 17.5. The molecule has 0 amide bonds. The molecule has 0 fully saturated rings. The molecular formula is C21H25IN4. The molecule has 2 N–H and O–H groups in total. The first kappa shape index (κ1) is 20.2. The molecule has 0 unspecified atom stereocenters. The summed E-state index contributed by atoms with van der Waals surface area (Å²) in [5, 5.41) is 7.87. The van der Waals surface area contributed by atoms with Gasteiger partial charge in [-0.05, 0) is 31.0 Å². The third-order valence-electron chi connectivity index (χ3n) is 4.05. The number of aryl methyl sites for hydroxylation is 1. The molecule has 0 aliphatic rings. The molecule has 1 aromatic heterocycles. The van der Waals surface area contributed by atoms with Crippen LogP contribution in [0.5, 0.6) is 0 Å². The summed E-state index contributed by atoms with van der Waals surface area (Å²) >= 11 is 0. The molecule has 3 rings (SSSR count). The van der Waals surface area contributed by atoms with Crippen molar-refractivity contribution in [3.05, 3.63) is 77.5 Å². The van der Waals surface area contributed by atoms with Crippen molar-refractivity contribution in [2.24, 2.45) is 4.99 Å². The second-order valence-electron chi connectivity index (χ2n) is 6.03. The molecule has 1 heterocycles. The summed E-state index contributed by atoms with van der Waals surface area (Å²) in [6, 6.07) is 18.8. The van der Waals surface area contributed by atoms with Gasteiger partial charge in [0.05, 0.1) is 12.1 Å². The van der Waals surface area contributed by atoms with Crippen LogP contribution < -0.4 is 10.6 Å². The van der Waals surface area contributed by atoms with E-state index in [0.29, 0.717) is 13.1 Å². The Bertz CT molecular complexity index is 854. The van der Waals surface area contributed by atoms with Gasteiger partial charge in [0, 0.05) is 24.7 Å². The van der Waals surface area contributed by atoms with Gasteiger partial charge in [-0.3, -0.25) is 4.98 Å². The van der Waals surface area contributed by atoms with Crippen molar-refractivity contribution in [3.63, 3.8) is 0 Å². The highest BCUT2D eigenvalue weighted by atomic mass is 127. The Balaban J connectivity index is 0.00000243. The lowest BCUT2D eigenvalue weighted by atomic mass is 10.1. The average molecular weight is 460 g/mol. The number of rotatable bonds is 5. The standard InChI is InChI=1S/C21H24N4.HI/c1-3-22-21(24-14-17-11-9-16(2)10-12-17)25-15-19-7-4-6-18-8-5-13-23-20(18)19;/h4-13H,3,14-15H2,1-2H3,(H2,22,24,25);1H. The van der Waals surface area contributed by atoms with E-state index in [1.165, 1.54) is 16.7 Å². The lowest BCUT2D eigenvalue weighted by Crippen LogP contribution is -2.36. The molecule has 0 radical (unpaired) electrons. The molecule has 3 aromatic rings. The second kappa shape index (κ2) is 10.1. The maximum absolute atomic E-state index is 4.68. The first-order valence-corrected chi connectivity index (χ1v) is 8.66. The number of fused-ring (bicyclic) bond motifs is 1. The van der Waals surface area contributed by atoms with Gasteiger partial charge in [-0.25, -0.2) is 4.99 Å². The molecular weight excluding hydrogens is 435 g/mol. The Kier molecular flexibility index (Phi) is 7.84. The number of aromatic nitrogens is 1. The molecule has 0 saturated carbocycles. The van der Waals surface area contributed by atoms with E-state index in [-0.39, 0.29) is 24.0 Å². The van der Waals surface area contributed by atoms with Crippen LogP contribution in [-0.4, -0.2) is 17.5 Å². The minimum atomic E-state index is 0. The van der Waals surface area contributed by atoms with E-state index in [1.54, 1.807) is 0 Å². The fourth-order valence-corrected chi connectivity index (χ4v) is 2.69. The van der Waals surface area contributed by atoms with Crippen LogP contribution in [0.15, 0.2) is 65.8 Å². The first-order valence-electron chi connectivity index (χ1n) is 8.66. The van der Waals surface area contributed by atoms with Crippen LogP contribution in [0.1, 0.15) is 23.6 Å². The van der Waals surface area contributed by atoms with E-state index in [9.17, 15) is 0 Å². The van der Waals surface area contributed by atoms with Gasteiger partial charge in [-0.2, -0.15) is 0 Å². The number of aliphatic imine (C=N–C) groups is 1. The Morgan fingerprint density at radius 3 is 2.54 bits per heavy atom. The fourth-order valence-electron chi connectivity index (χ4n) is 2.69. The summed E-state index contributed by atoms with van der Waals surface area (Å²) in [6.07, 6.45) is 1.84. The van der Waals surface area contributed by atoms with Crippen molar-refractivity contribution in [1.82, 2.24) is 15.6 Å². The molecule has 0 bridgehead atoms. The third kappa shape index (κ3) is 5.42. The summed E-state index contributed by atoms with van der Waals surface area (Å²) < 4.78 is 0. The topological polar surface area (TPSA) is 49.3 Å². The predicted molar refractivity (Wildman–Crippen MR) is 120 cm³/mol. The van der Waals surface area contributed by atoms with Gasteiger partial charge in [0.25, 0.3) is 0 Å². The number of nitrogens with one attached hydrogen (secondary N) is 2. The molecule has 136 valence electrons. The van der Waals surface area contributed by atoms with E-state index >= 15 is 0 Å². The van der Waals surface area contributed by atoms with Gasteiger partial charge in [-0.1, -0.05) is 54.1 Å². The van der Waals surface area contributed by atoms with Crippen molar-refractivity contribution in [1.29, 1.82) is 0 Å². The SMILES string of the molecule is CCNC(=NCc1ccc(C)cc1)NCc1cccc2cccnc12.I. The average Bonchev–Trinajstić information content (AvgIpc) is 2.65. The molecule has 5 heteroatoms. The summed E-state index contributed by atoms with van der Waals surface area (Å²) in [6.45, 7) is 6.34. The van der Waals surface area contributed by atoms with Gasteiger partial charge >= 0.3 is 0 Å². The Hall–Kier alpha value is -2.15. The van der Waals surface area contributed by atoms with Crippen LogP contribution in [0.4, 0.5) is 0 Å². The maximum atomic E-state index is 4.68. The number of halogens is 1.